The molecule has 3 aromatic rings. The van der Waals surface area contributed by atoms with Crippen molar-refractivity contribution in [2.75, 3.05) is 24.3 Å². The third kappa shape index (κ3) is 2.02. The maximum atomic E-state index is 4.80. The van der Waals surface area contributed by atoms with E-state index in [0.29, 0.717) is 0 Å². The highest BCUT2D eigenvalue weighted by Crippen LogP contribution is 2.36. The predicted octanol–water partition coefficient (Wildman–Crippen LogP) is 4.41. The van der Waals surface area contributed by atoms with Crippen molar-refractivity contribution in [1.82, 2.24) is 0 Å². The third-order valence-electron chi connectivity index (χ3n) is 4.03. The summed E-state index contributed by atoms with van der Waals surface area (Å²) in [6.45, 7) is 0. The Morgan fingerprint density at radius 3 is 2.32 bits per heavy atom. The van der Waals surface area contributed by atoms with Crippen LogP contribution in [0.3, 0.4) is 0 Å². The number of benzene rings is 3. The van der Waals surface area contributed by atoms with Crippen LogP contribution in [0.2, 0.25) is 0 Å². The van der Waals surface area contributed by atoms with Crippen molar-refractivity contribution in [1.29, 1.82) is 0 Å². The summed E-state index contributed by atoms with van der Waals surface area (Å²) < 4.78 is 0. The Bertz CT molecular complexity index is 872. The quantitative estimate of drug-likeness (QED) is 0.756. The van der Waals surface area contributed by atoms with Crippen LogP contribution in [0.4, 0.5) is 17.1 Å². The highest BCUT2D eigenvalue weighted by Gasteiger charge is 2.15. The van der Waals surface area contributed by atoms with Crippen LogP contribution >= 0.6 is 0 Å². The summed E-state index contributed by atoms with van der Waals surface area (Å²) in [5.41, 5.74) is 4.42. The second-order valence-electron chi connectivity index (χ2n) is 5.71. The molecule has 1 aliphatic heterocycles. The average molecular weight is 287 g/mol. The summed E-state index contributed by atoms with van der Waals surface area (Å²) in [6, 6.07) is 21.0. The molecule has 0 aromatic heterocycles. The van der Waals surface area contributed by atoms with Crippen LogP contribution in [-0.2, 0) is 0 Å². The van der Waals surface area contributed by atoms with Gasteiger partial charge in [-0.2, -0.15) is 0 Å². The summed E-state index contributed by atoms with van der Waals surface area (Å²) in [5.74, 6) is 0.900. The van der Waals surface area contributed by atoms with Gasteiger partial charge in [0.25, 0.3) is 0 Å². The molecule has 0 bridgehead atoms. The van der Waals surface area contributed by atoms with Gasteiger partial charge in [0.2, 0.25) is 0 Å². The van der Waals surface area contributed by atoms with Gasteiger partial charge in [-0.1, -0.05) is 24.3 Å². The van der Waals surface area contributed by atoms with Crippen LogP contribution in [0.15, 0.2) is 65.7 Å². The van der Waals surface area contributed by atoms with Gasteiger partial charge >= 0.3 is 0 Å². The van der Waals surface area contributed by atoms with E-state index >= 15 is 0 Å². The van der Waals surface area contributed by atoms with Crippen molar-refractivity contribution >= 4 is 33.7 Å². The Morgan fingerprint density at radius 2 is 1.59 bits per heavy atom. The normalized spacial score (nSPS) is 12.7. The minimum Gasteiger partial charge on any atom is -0.378 e. The smallest absolute Gasteiger partial charge is 0.138 e. The molecule has 1 heterocycles. The lowest BCUT2D eigenvalue weighted by Gasteiger charge is -2.19. The van der Waals surface area contributed by atoms with E-state index in [0.717, 1.165) is 22.8 Å². The lowest BCUT2D eigenvalue weighted by atomic mass is 10.0. The van der Waals surface area contributed by atoms with Gasteiger partial charge in [-0.25, -0.2) is 4.99 Å². The Hall–Kier alpha value is -2.81. The lowest BCUT2D eigenvalue weighted by molar-refractivity contribution is 1.13. The maximum absolute atomic E-state index is 4.80. The van der Waals surface area contributed by atoms with E-state index in [2.05, 4.69) is 70.9 Å². The standard InChI is InChI=1S/C19H17N3/c1-22(2)15-11-9-14(10-12-15)19-20-16-7-3-5-13-6-4-8-17(21-19)18(13)16/h3-12H,1-2H3,(H,20,21). The molecule has 0 saturated heterocycles. The first-order valence-electron chi connectivity index (χ1n) is 7.37. The number of anilines is 2. The fraction of sp³-hybridized carbons (Fsp3) is 0.105. The topological polar surface area (TPSA) is 27.6 Å². The van der Waals surface area contributed by atoms with Gasteiger partial charge < -0.3 is 10.2 Å². The Balaban J connectivity index is 1.81. The van der Waals surface area contributed by atoms with E-state index in [1.165, 1.54) is 16.5 Å². The minimum atomic E-state index is 0.900. The molecule has 3 heteroatoms. The third-order valence-corrected chi connectivity index (χ3v) is 4.03. The molecule has 0 atom stereocenters. The maximum Gasteiger partial charge on any atom is 0.138 e. The molecule has 3 aromatic carbocycles. The average Bonchev–Trinajstić information content (AvgIpc) is 2.55. The zero-order chi connectivity index (χ0) is 15.1. The summed E-state index contributed by atoms with van der Waals surface area (Å²) in [4.78, 5) is 6.89. The van der Waals surface area contributed by atoms with Gasteiger partial charge in [-0.3, -0.25) is 0 Å². The van der Waals surface area contributed by atoms with Crippen LogP contribution in [0.5, 0.6) is 0 Å². The molecule has 3 nitrogen and oxygen atoms in total. The van der Waals surface area contributed by atoms with Crippen LogP contribution in [-0.4, -0.2) is 19.9 Å². The monoisotopic (exact) mass is 287 g/mol. The fourth-order valence-electron chi connectivity index (χ4n) is 2.85. The first kappa shape index (κ1) is 12.9. The van der Waals surface area contributed by atoms with E-state index in [1.807, 2.05) is 14.1 Å². The largest absolute Gasteiger partial charge is 0.378 e. The highest BCUT2D eigenvalue weighted by atomic mass is 15.1. The molecule has 0 amide bonds. The molecule has 0 saturated carbocycles. The van der Waals surface area contributed by atoms with E-state index in [1.54, 1.807) is 0 Å². The Labute approximate surface area is 129 Å². The number of aliphatic imine (C=N–C) groups is 1. The van der Waals surface area contributed by atoms with Gasteiger partial charge in [0, 0.05) is 36.4 Å². The Morgan fingerprint density at radius 1 is 0.864 bits per heavy atom. The molecule has 1 N–H and O–H groups in total. The van der Waals surface area contributed by atoms with Crippen molar-refractivity contribution in [2.45, 2.75) is 0 Å². The second kappa shape index (κ2) is 4.88. The van der Waals surface area contributed by atoms with Crippen molar-refractivity contribution in [3.05, 3.63) is 66.2 Å². The molecule has 0 aliphatic carbocycles. The van der Waals surface area contributed by atoms with Crippen LogP contribution in [0.25, 0.3) is 10.8 Å². The van der Waals surface area contributed by atoms with E-state index in [9.17, 15) is 0 Å². The van der Waals surface area contributed by atoms with Crippen molar-refractivity contribution < 1.29 is 0 Å². The van der Waals surface area contributed by atoms with Crippen molar-refractivity contribution in [3.63, 3.8) is 0 Å². The molecule has 0 radical (unpaired) electrons. The fourth-order valence-corrected chi connectivity index (χ4v) is 2.85. The number of rotatable bonds is 2. The molecule has 22 heavy (non-hydrogen) atoms. The van der Waals surface area contributed by atoms with Gasteiger partial charge in [-0.15, -0.1) is 0 Å². The van der Waals surface area contributed by atoms with E-state index in [4.69, 9.17) is 4.99 Å². The number of nitrogens with zero attached hydrogens (tertiary/aromatic N) is 2. The van der Waals surface area contributed by atoms with Gasteiger partial charge in [0.1, 0.15) is 5.84 Å². The van der Waals surface area contributed by atoms with Gasteiger partial charge in [0.05, 0.1) is 5.69 Å². The van der Waals surface area contributed by atoms with Crippen molar-refractivity contribution in [2.24, 2.45) is 4.99 Å². The second-order valence-corrected chi connectivity index (χ2v) is 5.71. The first-order valence-corrected chi connectivity index (χ1v) is 7.37. The minimum absolute atomic E-state index is 0.900. The van der Waals surface area contributed by atoms with Gasteiger partial charge in [0.15, 0.2) is 0 Å². The number of hydrogen-bond donors (Lipinski definition) is 1. The number of amidine groups is 1. The van der Waals surface area contributed by atoms with E-state index < -0.39 is 0 Å². The van der Waals surface area contributed by atoms with Gasteiger partial charge in [-0.05, 0) is 41.8 Å². The number of hydrogen-bond acceptors (Lipinski definition) is 3. The molecular weight excluding hydrogens is 270 g/mol. The summed E-state index contributed by atoms with van der Waals surface area (Å²) >= 11 is 0. The molecule has 0 spiro atoms. The molecule has 1 aliphatic rings. The van der Waals surface area contributed by atoms with Crippen LogP contribution in [0, 0.1) is 0 Å². The summed E-state index contributed by atoms with van der Waals surface area (Å²) in [7, 11) is 4.09. The molecular formula is C19H17N3. The highest BCUT2D eigenvalue weighted by molar-refractivity contribution is 6.19. The lowest BCUT2D eigenvalue weighted by Crippen LogP contribution is -2.16. The predicted molar refractivity (Wildman–Crippen MR) is 94.5 cm³/mol. The molecule has 4 rings (SSSR count). The molecule has 108 valence electrons. The van der Waals surface area contributed by atoms with Crippen LogP contribution < -0.4 is 10.2 Å². The molecule has 0 fully saturated rings. The zero-order valence-electron chi connectivity index (χ0n) is 12.7. The van der Waals surface area contributed by atoms with E-state index in [-0.39, 0.29) is 0 Å². The molecule has 0 unspecified atom stereocenters. The summed E-state index contributed by atoms with van der Waals surface area (Å²) in [6.07, 6.45) is 0. The van der Waals surface area contributed by atoms with Crippen molar-refractivity contribution in [3.8, 4) is 0 Å². The zero-order valence-corrected chi connectivity index (χ0v) is 12.7. The Kier molecular flexibility index (Phi) is 2.86. The summed E-state index contributed by atoms with van der Waals surface area (Å²) in [5, 5.41) is 5.87. The first-order chi connectivity index (χ1) is 10.7. The SMILES string of the molecule is CN(C)c1ccc(C2=Nc3cccc4cccc(c34)N2)cc1. The van der Waals surface area contributed by atoms with Crippen LogP contribution in [0.1, 0.15) is 5.56 Å². The number of nitrogens with one attached hydrogen (secondary N) is 1.